The Balaban J connectivity index is 1.92. The first-order valence-electron chi connectivity index (χ1n) is 10.1. The fourth-order valence-electron chi connectivity index (χ4n) is 2.60. The van der Waals surface area contributed by atoms with Gasteiger partial charge in [-0.25, -0.2) is 13.1 Å². The Bertz CT molecular complexity index is 1020. The molecule has 0 heterocycles. The Morgan fingerprint density at radius 2 is 1.71 bits per heavy atom. The lowest BCUT2D eigenvalue weighted by molar-refractivity contribution is -0.119. The molecule has 0 bridgehead atoms. The summed E-state index contributed by atoms with van der Waals surface area (Å²) in [4.78, 5) is 24.3. The molecule has 31 heavy (non-hydrogen) atoms. The smallest absolute Gasteiger partial charge is 0.240 e. The second kappa shape index (κ2) is 10.9. The molecule has 168 valence electrons. The molecule has 0 aliphatic rings. The minimum atomic E-state index is -3.73. The molecule has 8 nitrogen and oxygen atoms in total. The molecule has 0 saturated carbocycles. The highest BCUT2D eigenvalue weighted by atomic mass is 32.2. The third kappa shape index (κ3) is 7.37. The van der Waals surface area contributed by atoms with Crippen LogP contribution in [0.4, 0.5) is 11.4 Å². The number of carbonyl (C=O) groups excluding carboxylic acids is 2. The summed E-state index contributed by atoms with van der Waals surface area (Å²) >= 11 is 0. The molecule has 0 aromatic heterocycles. The number of hydrogen-bond donors (Lipinski definition) is 3. The molecule has 0 atom stereocenters. The van der Waals surface area contributed by atoms with Crippen molar-refractivity contribution in [3.63, 3.8) is 0 Å². The summed E-state index contributed by atoms with van der Waals surface area (Å²) in [7, 11) is -3.73. The van der Waals surface area contributed by atoms with Crippen molar-refractivity contribution in [2.75, 3.05) is 23.8 Å². The van der Waals surface area contributed by atoms with Crippen molar-refractivity contribution in [3.8, 4) is 5.75 Å². The van der Waals surface area contributed by atoms with Gasteiger partial charge in [-0.2, -0.15) is 0 Å². The maximum absolute atomic E-state index is 12.4. The van der Waals surface area contributed by atoms with Crippen LogP contribution >= 0.6 is 0 Å². The predicted molar refractivity (Wildman–Crippen MR) is 121 cm³/mol. The number of carbonyl (C=O) groups is 2. The first-order valence-corrected chi connectivity index (χ1v) is 11.5. The summed E-state index contributed by atoms with van der Waals surface area (Å²) in [5, 5.41) is 5.54. The second-order valence-corrected chi connectivity index (χ2v) is 9.04. The van der Waals surface area contributed by atoms with E-state index in [4.69, 9.17) is 4.74 Å². The highest BCUT2D eigenvalue weighted by Crippen LogP contribution is 2.21. The standard InChI is InChI=1S/C22H29N3O5S/c1-5-30-18-8-10-19(11-9-18)31(28,29)23-13-12-21(26)25-20-14-17(7-6-16(20)4)24-22(27)15(2)3/h6-11,14-15,23H,5,12-13H2,1-4H3,(H,24,27)(H,25,26). The predicted octanol–water partition coefficient (Wildman–Crippen LogP) is 3.30. The number of aryl methyl sites for hydroxylation is 1. The van der Waals surface area contributed by atoms with E-state index in [0.29, 0.717) is 23.7 Å². The lowest BCUT2D eigenvalue weighted by atomic mass is 10.1. The molecule has 0 saturated heterocycles. The zero-order chi connectivity index (χ0) is 23.0. The third-order valence-corrected chi connectivity index (χ3v) is 5.87. The Kier molecular flexibility index (Phi) is 8.58. The van der Waals surface area contributed by atoms with Gasteiger partial charge in [-0.3, -0.25) is 9.59 Å². The van der Waals surface area contributed by atoms with E-state index in [0.717, 1.165) is 5.56 Å². The second-order valence-electron chi connectivity index (χ2n) is 7.27. The number of nitrogens with one attached hydrogen (secondary N) is 3. The van der Waals surface area contributed by atoms with E-state index in [-0.39, 0.29) is 35.6 Å². The van der Waals surface area contributed by atoms with Crippen LogP contribution in [0, 0.1) is 12.8 Å². The van der Waals surface area contributed by atoms with E-state index in [1.807, 2.05) is 13.8 Å². The van der Waals surface area contributed by atoms with Gasteiger partial charge in [0.25, 0.3) is 0 Å². The van der Waals surface area contributed by atoms with Gasteiger partial charge in [0.2, 0.25) is 21.8 Å². The van der Waals surface area contributed by atoms with Crippen LogP contribution in [0.2, 0.25) is 0 Å². The number of amides is 2. The van der Waals surface area contributed by atoms with Crippen molar-refractivity contribution in [1.29, 1.82) is 0 Å². The van der Waals surface area contributed by atoms with Crippen LogP contribution in [-0.2, 0) is 19.6 Å². The van der Waals surface area contributed by atoms with Gasteiger partial charge in [-0.05, 0) is 55.8 Å². The van der Waals surface area contributed by atoms with Crippen LogP contribution < -0.4 is 20.1 Å². The highest BCUT2D eigenvalue weighted by molar-refractivity contribution is 7.89. The van der Waals surface area contributed by atoms with Gasteiger partial charge in [0.1, 0.15) is 5.75 Å². The van der Waals surface area contributed by atoms with E-state index >= 15 is 0 Å². The number of ether oxygens (including phenoxy) is 1. The minimum Gasteiger partial charge on any atom is -0.494 e. The summed E-state index contributed by atoms with van der Waals surface area (Å²) in [6.45, 7) is 7.70. The molecular formula is C22H29N3O5S. The molecule has 0 radical (unpaired) electrons. The molecule has 3 N–H and O–H groups in total. The topological polar surface area (TPSA) is 114 Å². The summed E-state index contributed by atoms with van der Waals surface area (Å²) in [5.41, 5.74) is 1.96. The quantitative estimate of drug-likeness (QED) is 0.517. The van der Waals surface area contributed by atoms with Gasteiger partial charge in [0, 0.05) is 30.3 Å². The molecule has 0 aliphatic heterocycles. The Morgan fingerprint density at radius 3 is 2.32 bits per heavy atom. The SMILES string of the molecule is CCOc1ccc(S(=O)(=O)NCCC(=O)Nc2cc(NC(=O)C(C)C)ccc2C)cc1. The maximum Gasteiger partial charge on any atom is 0.240 e. The molecule has 9 heteroatoms. The minimum absolute atomic E-state index is 0.0434. The van der Waals surface area contributed by atoms with Crippen molar-refractivity contribution >= 4 is 33.2 Å². The lowest BCUT2D eigenvalue weighted by Crippen LogP contribution is -2.28. The van der Waals surface area contributed by atoms with E-state index in [1.165, 1.54) is 12.1 Å². The van der Waals surface area contributed by atoms with Crippen molar-refractivity contribution < 1.29 is 22.7 Å². The fraction of sp³-hybridized carbons (Fsp3) is 0.364. The Labute approximate surface area is 183 Å². The van der Waals surface area contributed by atoms with Crippen LogP contribution in [0.5, 0.6) is 5.75 Å². The van der Waals surface area contributed by atoms with E-state index in [9.17, 15) is 18.0 Å². The van der Waals surface area contributed by atoms with E-state index in [1.54, 1.807) is 44.2 Å². The van der Waals surface area contributed by atoms with Crippen LogP contribution in [0.15, 0.2) is 47.4 Å². The van der Waals surface area contributed by atoms with Crippen molar-refractivity contribution in [1.82, 2.24) is 4.72 Å². The summed E-state index contributed by atoms with van der Waals surface area (Å²) in [6.07, 6.45) is -0.0434. The van der Waals surface area contributed by atoms with Gasteiger partial charge < -0.3 is 15.4 Å². The van der Waals surface area contributed by atoms with E-state index in [2.05, 4.69) is 15.4 Å². The van der Waals surface area contributed by atoms with Crippen molar-refractivity contribution in [3.05, 3.63) is 48.0 Å². The lowest BCUT2D eigenvalue weighted by Gasteiger charge is -2.13. The number of benzene rings is 2. The Morgan fingerprint density at radius 1 is 1.03 bits per heavy atom. The third-order valence-electron chi connectivity index (χ3n) is 4.39. The molecular weight excluding hydrogens is 418 g/mol. The molecule has 0 spiro atoms. The first kappa shape index (κ1) is 24.4. The zero-order valence-corrected chi connectivity index (χ0v) is 19.0. The van der Waals surface area contributed by atoms with Crippen molar-refractivity contribution in [2.45, 2.75) is 39.0 Å². The first-order chi connectivity index (χ1) is 14.6. The molecule has 0 fully saturated rings. The number of rotatable bonds is 10. The Hall–Kier alpha value is -2.91. The molecule has 2 aromatic rings. The van der Waals surface area contributed by atoms with Crippen LogP contribution in [0.25, 0.3) is 0 Å². The number of hydrogen-bond acceptors (Lipinski definition) is 5. The maximum atomic E-state index is 12.4. The van der Waals surface area contributed by atoms with Gasteiger partial charge in [-0.1, -0.05) is 19.9 Å². The van der Waals surface area contributed by atoms with Crippen molar-refractivity contribution in [2.24, 2.45) is 5.92 Å². The van der Waals surface area contributed by atoms with Crippen LogP contribution in [0.3, 0.4) is 0 Å². The van der Waals surface area contributed by atoms with Gasteiger partial charge >= 0.3 is 0 Å². The average molecular weight is 448 g/mol. The number of sulfonamides is 1. The van der Waals surface area contributed by atoms with E-state index < -0.39 is 10.0 Å². The van der Waals surface area contributed by atoms with Crippen LogP contribution in [0.1, 0.15) is 32.8 Å². The normalized spacial score (nSPS) is 11.3. The summed E-state index contributed by atoms with van der Waals surface area (Å²) in [5.74, 6) is -0.0413. The van der Waals surface area contributed by atoms with Gasteiger partial charge in [-0.15, -0.1) is 0 Å². The zero-order valence-electron chi connectivity index (χ0n) is 18.2. The number of anilines is 2. The van der Waals surface area contributed by atoms with Gasteiger partial charge in [0.15, 0.2) is 0 Å². The van der Waals surface area contributed by atoms with Gasteiger partial charge in [0.05, 0.1) is 11.5 Å². The highest BCUT2D eigenvalue weighted by Gasteiger charge is 2.15. The fourth-order valence-corrected chi connectivity index (χ4v) is 3.63. The molecule has 0 unspecified atom stereocenters. The average Bonchev–Trinajstić information content (AvgIpc) is 2.71. The molecule has 2 aromatic carbocycles. The molecule has 2 amide bonds. The largest absolute Gasteiger partial charge is 0.494 e. The monoisotopic (exact) mass is 447 g/mol. The summed E-state index contributed by atoms with van der Waals surface area (Å²) < 4.78 is 32.5. The van der Waals surface area contributed by atoms with Crippen LogP contribution in [-0.4, -0.2) is 33.4 Å². The molecule has 2 rings (SSSR count). The molecule has 0 aliphatic carbocycles. The summed E-state index contributed by atoms with van der Waals surface area (Å²) in [6, 6.07) is 11.3.